The molecule has 0 aliphatic carbocycles. The summed E-state index contributed by atoms with van der Waals surface area (Å²) >= 11 is 5.34. The number of hydrogen-bond donors (Lipinski definition) is 1. The quantitative estimate of drug-likeness (QED) is 0.624. The van der Waals surface area contributed by atoms with Crippen LogP contribution in [0, 0.1) is 5.82 Å². The lowest BCUT2D eigenvalue weighted by molar-refractivity contribution is 0.500. The molecular weight excluding hydrogens is 409 g/mol. The van der Waals surface area contributed by atoms with Crippen LogP contribution >= 0.6 is 12.2 Å². The van der Waals surface area contributed by atoms with Crippen LogP contribution in [0.1, 0.15) is 22.6 Å². The highest BCUT2D eigenvalue weighted by Gasteiger charge is 2.30. The van der Waals surface area contributed by atoms with E-state index in [4.69, 9.17) is 22.1 Å². The second-order valence-corrected chi connectivity index (χ2v) is 8.41. The molecule has 0 saturated heterocycles. The van der Waals surface area contributed by atoms with Crippen LogP contribution in [0.5, 0.6) is 5.75 Å². The number of ether oxygens (including phenoxy) is 1. The molecule has 0 fully saturated rings. The van der Waals surface area contributed by atoms with Gasteiger partial charge < -0.3 is 4.74 Å². The zero-order valence-electron chi connectivity index (χ0n) is 15.1. The van der Waals surface area contributed by atoms with Crippen molar-refractivity contribution in [1.82, 2.24) is 0 Å². The van der Waals surface area contributed by atoms with Crippen molar-refractivity contribution in [3.63, 3.8) is 0 Å². The summed E-state index contributed by atoms with van der Waals surface area (Å²) in [6.07, 6.45) is 0. The monoisotopic (exact) mass is 425 g/mol. The van der Waals surface area contributed by atoms with Gasteiger partial charge in [0.25, 0.3) is 0 Å². The number of benzene rings is 3. The van der Waals surface area contributed by atoms with Crippen molar-refractivity contribution in [2.75, 3.05) is 0 Å². The number of allylic oxidation sites excluding steroid dienone is 1. The molecule has 0 saturated carbocycles. The van der Waals surface area contributed by atoms with Gasteiger partial charge in [-0.1, -0.05) is 42.5 Å². The molecule has 3 aromatic rings. The molecule has 1 aliphatic rings. The van der Waals surface area contributed by atoms with Crippen molar-refractivity contribution in [2.45, 2.75) is 10.8 Å². The Morgan fingerprint density at radius 2 is 1.55 bits per heavy atom. The van der Waals surface area contributed by atoms with Gasteiger partial charge in [0, 0.05) is 22.6 Å². The highest BCUT2D eigenvalue weighted by atomic mass is 32.2. The number of para-hydroxylation sites is 1. The maximum atomic E-state index is 13.5. The number of sulfonamides is 1. The minimum Gasteiger partial charge on any atom is -0.456 e. The number of hydrogen-bond acceptors (Lipinski definition) is 4. The summed E-state index contributed by atoms with van der Waals surface area (Å²) in [6, 6.07) is 19.8. The summed E-state index contributed by atoms with van der Waals surface area (Å²) in [7, 11) is -3.81. The maximum absolute atomic E-state index is 13.5. The molecule has 0 bridgehead atoms. The van der Waals surface area contributed by atoms with Crippen molar-refractivity contribution in [1.29, 1.82) is 0 Å². The second kappa shape index (κ2) is 7.51. The van der Waals surface area contributed by atoms with Crippen molar-refractivity contribution in [2.24, 2.45) is 5.14 Å². The van der Waals surface area contributed by atoms with Gasteiger partial charge in [0.15, 0.2) is 0 Å². The molecular formula is C22H16FNO3S2. The van der Waals surface area contributed by atoms with Gasteiger partial charge in [-0.15, -0.1) is 0 Å². The van der Waals surface area contributed by atoms with Crippen LogP contribution < -0.4 is 9.88 Å². The van der Waals surface area contributed by atoms with E-state index in [1.54, 1.807) is 29.6 Å². The first kappa shape index (κ1) is 19.4. The highest BCUT2D eigenvalue weighted by Crippen LogP contribution is 2.46. The Bertz CT molecular complexity index is 1220. The lowest BCUT2D eigenvalue weighted by Crippen LogP contribution is -2.16. The Balaban J connectivity index is 1.94. The van der Waals surface area contributed by atoms with Gasteiger partial charge in [0.2, 0.25) is 10.0 Å². The standard InChI is InChI=1S/C22H16FNO3S2/c23-16-9-5-14(6-10-16)21-19(13-28)18-3-1-2-4-20(18)27-22(21)15-7-11-17(12-8-15)29(24,25)26/h1-13,19H,(H2,24,25,26). The molecule has 0 spiro atoms. The zero-order chi connectivity index (χ0) is 20.6. The molecule has 3 aromatic carbocycles. The van der Waals surface area contributed by atoms with E-state index in [1.165, 1.54) is 24.3 Å². The number of fused-ring (bicyclic) bond motifs is 1. The summed E-state index contributed by atoms with van der Waals surface area (Å²) in [5, 5.41) is 6.85. The fraction of sp³-hybridized carbons (Fsp3) is 0.0455. The molecule has 1 aliphatic heterocycles. The molecule has 4 nitrogen and oxygen atoms in total. The van der Waals surface area contributed by atoms with E-state index in [2.05, 4.69) is 0 Å². The van der Waals surface area contributed by atoms with Crippen LogP contribution in [-0.2, 0) is 10.0 Å². The lowest BCUT2D eigenvalue weighted by Gasteiger charge is -2.29. The summed E-state index contributed by atoms with van der Waals surface area (Å²) in [5.41, 5.74) is 3.11. The van der Waals surface area contributed by atoms with E-state index in [-0.39, 0.29) is 16.6 Å². The lowest BCUT2D eigenvalue weighted by atomic mass is 9.83. The summed E-state index contributed by atoms with van der Waals surface area (Å²) in [6.45, 7) is 0. The topological polar surface area (TPSA) is 69.4 Å². The molecule has 0 aromatic heterocycles. The number of primary sulfonamides is 1. The average Bonchev–Trinajstić information content (AvgIpc) is 2.72. The fourth-order valence-corrected chi connectivity index (χ4v) is 4.18. The first-order chi connectivity index (χ1) is 13.9. The van der Waals surface area contributed by atoms with Crippen LogP contribution in [0.2, 0.25) is 0 Å². The van der Waals surface area contributed by atoms with Gasteiger partial charge >= 0.3 is 0 Å². The number of thiocarbonyl (C=S) groups is 1. The number of rotatable bonds is 4. The third-order valence-electron chi connectivity index (χ3n) is 4.76. The van der Waals surface area contributed by atoms with E-state index in [0.717, 1.165) is 16.7 Å². The van der Waals surface area contributed by atoms with E-state index in [1.807, 2.05) is 24.3 Å². The van der Waals surface area contributed by atoms with Crippen LogP contribution in [-0.4, -0.2) is 13.8 Å². The van der Waals surface area contributed by atoms with Crippen LogP contribution in [0.3, 0.4) is 0 Å². The number of halogens is 1. The largest absolute Gasteiger partial charge is 0.456 e. The van der Waals surface area contributed by atoms with E-state index >= 15 is 0 Å². The first-order valence-electron chi connectivity index (χ1n) is 8.74. The molecule has 1 atom stereocenters. The van der Waals surface area contributed by atoms with Crippen LogP contribution in [0.15, 0.2) is 77.7 Å². The third-order valence-corrected chi connectivity index (χ3v) is 5.96. The van der Waals surface area contributed by atoms with Crippen molar-refractivity contribution < 1.29 is 17.5 Å². The predicted octanol–water partition coefficient (Wildman–Crippen LogP) is 4.52. The Morgan fingerprint density at radius 3 is 2.17 bits per heavy atom. The minimum atomic E-state index is -3.81. The zero-order valence-corrected chi connectivity index (χ0v) is 16.7. The molecule has 7 heteroatoms. The predicted molar refractivity (Wildman–Crippen MR) is 114 cm³/mol. The molecule has 2 N–H and O–H groups in total. The van der Waals surface area contributed by atoms with Gasteiger partial charge in [-0.2, -0.15) is 0 Å². The highest BCUT2D eigenvalue weighted by molar-refractivity contribution is 7.89. The molecule has 146 valence electrons. The Labute approximate surface area is 173 Å². The van der Waals surface area contributed by atoms with E-state index in [9.17, 15) is 12.8 Å². The maximum Gasteiger partial charge on any atom is 0.238 e. The van der Waals surface area contributed by atoms with E-state index < -0.39 is 10.0 Å². The van der Waals surface area contributed by atoms with Crippen molar-refractivity contribution >= 4 is 38.9 Å². The second-order valence-electron chi connectivity index (χ2n) is 6.57. The van der Waals surface area contributed by atoms with Crippen molar-refractivity contribution in [3.8, 4) is 5.75 Å². The molecule has 4 rings (SSSR count). The third kappa shape index (κ3) is 3.72. The summed E-state index contributed by atoms with van der Waals surface area (Å²) in [5.74, 6) is 0.593. The Morgan fingerprint density at radius 1 is 0.931 bits per heavy atom. The van der Waals surface area contributed by atoms with Crippen LogP contribution in [0.25, 0.3) is 11.3 Å². The number of nitrogens with two attached hydrogens (primary N) is 1. The first-order valence-corrected chi connectivity index (χ1v) is 10.8. The average molecular weight is 426 g/mol. The van der Waals surface area contributed by atoms with Gasteiger partial charge in [-0.05, 0) is 53.4 Å². The molecule has 29 heavy (non-hydrogen) atoms. The van der Waals surface area contributed by atoms with Gasteiger partial charge in [0.1, 0.15) is 17.3 Å². The van der Waals surface area contributed by atoms with Gasteiger partial charge in [0.05, 0.1) is 4.90 Å². The van der Waals surface area contributed by atoms with Gasteiger partial charge in [-0.3, -0.25) is 0 Å². The molecule has 0 radical (unpaired) electrons. The Hall–Kier alpha value is -2.87. The van der Waals surface area contributed by atoms with Crippen LogP contribution in [0.4, 0.5) is 4.39 Å². The normalized spacial score (nSPS) is 16.1. The Kier molecular flexibility index (Phi) is 5.04. The molecule has 1 unspecified atom stereocenters. The summed E-state index contributed by atoms with van der Waals surface area (Å²) in [4.78, 5) is 0.00720. The van der Waals surface area contributed by atoms with Crippen molar-refractivity contribution in [3.05, 3.63) is 95.3 Å². The SMILES string of the molecule is NS(=O)(=O)c1ccc(C2=C(c3ccc(F)cc3)C(C=S)c3ccccc3O2)cc1. The fourth-order valence-electron chi connectivity index (χ4n) is 3.38. The smallest absolute Gasteiger partial charge is 0.238 e. The van der Waals surface area contributed by atoms with Gasteiger partial charge in [-0.25, -0.2) is 17.9 Å². The van der Waals surface area contributed by atoms with E-state index in [0.29, 0.717) is 17.1 Å². The summed E-state index contributed by atoms with van der Waals surface area (Å²) < 4.78 is 42.9. The molecule has 0 amide bonds. The molecule has 1 heterocycles. The minimum absolute atomic E-state index is 0.00720.